The van der Waals surface area contributed by atoms with Gasteiger partial charge in [-0.25, -0.2) is 14.6 Å². The van der Waals surface area contributed by atoms with Crippen LogP contribution in [0, 0.1) is 0 Å². The SMILES string of the molecule is COC(=O)c1ccc2c(C(=Nc3ccc(NC(=O)N4CC[C@@H](O)C4)cc3)c3ccccc3)c(O)[nH]c2c1. The number of aromatic amines is 1. The molecule has 1 aromatic heterocycles. The number of nitrogens with zero attached hydrogens (tertiary/aromatic N) is 2. The molecule has 3 aromatic carbocycles. The topological polar surface area (TPSA) is 127 Å². The molecule has 2 amide bonds. The van der Waals surface area contributed by atoms with Crippen molar-refractivity contribution in [2.75, 3.05) is 25.5 Å². The standard InChI is InChI=1S/C28H26N4O5/c1-37-27(35)18-7-12-22-23(15-18)31-26(34)24(22)25(17-5-3-2-4-6-17)29-19-8-10-20(11-9-19)30-28(36)32-14-13-21(33)16-32/h2-12,15,21,31,33-34H,13-14,16H2,1H3,(H,30,36)/t21-/m1/s1. The Morgan fingerprint density at radius 1 is 1.05 bits per heavy atom. The van der Waals surface area contributed by atoms with Crippen molar-refractivity contribution in [1.29, 1.82) is 0 Å². The molecule has 0 radical (unpaired) electrons. The van der Waals surface area contributed by atoms with Crippen molar-refractivity contribution in [3.05, 3.63) is 89.5 Å². The smallest absolute Gasteiger partial charge is 0.337 e. The zero-order valence-corrected chi connectivity index (χ0v) is 20.1. The average Bonchev–Trinajstić information content (AvgIpc) is 3.50. The number of ether oxygens (including phenoxy) is 1. The first-order valence-electron chi connectivity index (χ1n) is 11.8. The van der Waals surface area contributed by atoms with Gasteiger partial charge in [0.25, 0.3) is 0 Å². The molecule has 0 unspecified atom stereocenters. The van der Waals surface area contributed by atoms with E-state index < -0.39 is 12.1 Å². The van der Waals surface area contributed by atoms with Crippen LogP contribution in [0.3, 0.4) is 0 Å². The van der Waals surface area contributed by atoms with Gasteiger partial charge >= 0.3 is 12.0 Å². The van der Waals surface area contributed by atoms with E-state index in [0.717, 1.165) is 5.56 Å². The Bertz CT molecular complexity index is 1480. The normalized spacial score (nSPS) is 15.7. The van der Waals surface area contributed by atoms with Crippen LogP contribution >= 0.6 is 0 Å². The Labute approximate surface area is 213 Å². The van der Waals surface area contributed by atoms with Crippen LogP contribution in [0.25, 0.3) is 10.9 Å². The Morgan fingerprint density at radius 2 is 1.81 bits per heavy atom. The summed E-state index contributed by atoms with van der Waals surface area (Å²) in [6.45, 7) is 0.842. The number of carbonyl (C=O) groups excluding carboxylic acids is 2. The molecule has 0 spiro atoms. The van der Waals surface area contributed by atoms with Crippen LogP contribution in [0.15, 0.2) is 77.8 Å². The van der Waals surface area contributed by atoms with Crippen LogP contribution in [-0.4, -0.2) is 64.1 Å². The highest BCUT2D eigenvalue weighted by Gasteiger charge is 2.24. The van der Waals surface area contributed by atoms with Crippen LogP contribution in [0.4, 0.5) is 16.2 Å². The zero-order chi connectivity index (χ0) is 25.9. The van der Waals surface area contributed by atoms with Crippen LogP contribution in [0.2, 0.25) is 0 Å². The summed E-state index contributed by atoms with van der Waals surface area (Å²) in [6, 6.07) is 21.3. The fourth-order valence-corrected chi connectivity index (χ4v) is 4.41. The first kappa shape index (κ1) is 24.1. The van der Waals surface area contributed by atoms with E-state index in [9.17, 15) is 19.8 Å². The molecule has 1 aliphatic rings. The van der Waals surface area contributed by atoms with E-state index in [1.165, 1.54) is 7.11 Å². The molecular weight excluding hydrogens is 472 g/mol. The van der Waals surface area contributed by atoms with E-state index in [1.807, 2.05) is 30.3 Å². The molecule has 1 aliphatic heterocycles. The minimum atomic E-state index is -0.480. The molecule has 1 saturated heterocycles. The molecule has 9 heteroatoms. The average molecular weight is 499 g/mol. The van der Waals surface area contributed by atoms with Crippen molar-refractivity contribution in [2.24, 2.45) is 4.99 Å². The lowest BCUT2D eigenvalue weighted by atomic mass is 10.00. The molecule has 0 saturated carbocycles. The van der Waals surface area contributed by atoms with Gasteiger partial charge in [0.05, 0.1) is 35.7 Å². The number of aliphatic imine (C=N–C) groups is 1. The Balaban J connectivity index is 1.49. The fourth-order valence-electron chi connectivity index (χ4n) is 4.41. The molecular formula is C28H26N4O5. The number of aromatic nitrogens is 1. The summed E-state index contributed by atoms with van der Waals surface area (Å²) in [7, 11) is 1.32. The number of anilines is 1. The first-order valence-corrected chi connectivity index (χ1v) is 11.8. The van der Waals surface area contributed by atoms with Gasteiger partial charge < -0.3 is 30.2 Å². The number of hydrogen-bond donors (Lipinski definition) is 4. The summed E-state index contributed by atoms with van der Waals surface area (Å²) in [5, 5.41) is 24.1. The van der Waals surface area contributed by atoms with E-state index in [-0.39, 0.29) is 11.9 Å². The number of esters is 1. The number of fused-ring (bicyclic) bond motifs is 1. The quantitative estimate of drug-likeness (QED) is 0.239. The molecule has 37 heavy (non-hydrogen) atoms. The Morgan fingerprint density at radius 3 is 2.49 bits per heavy atom. The molecule has 188 valence electrons. The van der Waals surface area contributed by atoms with E-state index in [1.54, 1.807) is 47.4 Å². The zero-order valence-electron chi connectivity index (χ0n) is 20.1. The molecule has 4 N–H and O–H groups in total. The Hall–Kier alpha value is -4.63. The van der Waals surface area contributed by atoms with Gasteiger partial charge in [-0.3, -0.25) is 0 Å². The summed E-state index contributed by atoms with van der Waals surface area (Å²) in [5.41, 5.74) is 4.00. The molecule has 2 heterocycles. The number of hydrogen-bond acceptors (Lipinski definition) is 6. The molecule has 1 atom stereocenters. The number of β-amino-alcohol motifs (C(OH)–C–C–N with tert-alkyl or cyclic N) is 1. The first-order chi connectivity index (χ1) is 17.9. The summed E-state index contributed by atoms with van der Waals surface area (Å²) in [5.74, 6) is -0.543. The van der Waals surface area contributed by atoms with Crippen molar-refractivity contribution < 1.29 is 24.5 Å². The van der Waals surface area contributed by atoms with Crippen LogP contribution < -0.4 is 5.32 Å². The van der Waals surface area contributed by atoms with Gasteiger partial charge in [-0.05, 0) is 42.8 Å². The van der Waals surface area contributed by atoms with Gasteiger partial charge in [-0.15, -0.1) is 0 Å². The van der Waals surface area contributed by atoms with Crippen LogP contribution in [0.5, 0.6) is 5.88 Å². The number of urea groups is 1. The summed E-state index contributed by atoms with van der Waals surface area (Å²) < 4.78 is 4.81. The largest absolute Gasteiger partial charge is 0.494 e. The van der Waals surface area contributed by atoms with Crippen LogP contribution in [-0.2, 0) is 4.74 Å². The van der Waals surface area contributed by atoms with E-state index in [4.69, 9.17) is 9.73 Å². The van der Waals surface area contributed by atoms with Gasteiger partial charge in [0, 0.05) is 35.2 Å². The summed E-state index contributed by atoms with van der Waals surface area (Å²) in [6.07, 6.45) is 0.0976. The second-order valence-corrected chi connectivity index (χ2v) is 8.79. The minimum Gasteiger partial charge on any atom is -0.494 e. The molecule has 0 aliphatic carbocycles. The Kier molecular flexibility index (Phi) is 6.61. The maximum absolute atomic E-state index is 12.4. The number of aliphatic hydroxyl groups is 1. The number of H-pyrrole nitrogens is 1. The third-order valence-electron chi connectivity index (χ3n) is 6.29. The highest BCUT2D eigenvalue weighted by molar-refractivity contribution is 6.22. The van der Waals surface area contributed by atoms with Crippen molar-refractivity contribution in [2.45, 2.75) is 12.5 Å². The van der Waals surface area contributed by atoms with Crippen molar-refractivity contribution in [3.8, 4) is 5.88 Å². The number of rotatable bonds is 5. The lowest BCUT2D eigenvalue weighted by molar-refractivity contribution is 0.0601. The predicted molar refractivity (Wildman–Crippen MR) is 141 cm³/mol. The molecule has 5 rings (SSSR count). The minimum absolute atomic E-state index is 0.0729. The third kappa shape index (κ3) is 5.03. The maximum atomic E-state index is 12.4. The summed E-state index contributed by atoms with van der Waals surface area (Å²) in [4.78, 5) is 33.8. The molecule has 0 bridgehead atoms. The fraction of sp³-hybridized carbons (Fsp3) is 0.179. The van der Waals surface area contributed by atoms with E-state index >= 15 is 0 Å². The lowest BCUT2D eigenvalue weighted by Crippen LogP contribution is -2.33. The van der Waals surface area contributed by atoms with Gasteiger partial charge in [0.15, 0.2) is 5.88 Å². The highest BCUT2D eigenvalue weighted by Crippen LogP contribution is 2.32. The number of likely N-dealkylation sites (tertiary alicyclic amines) is 1. The monoisotopic (exact) mass is 498 g/mol. The van der Waals surface area contributed by atoms with Gasteiger partial charge in [-0.2, -0.15) is 0 Å². The van der Waals surface area contributed by atoms with Crippen molar-refractivity contribution >= 4 is 40.0 Å². The molecule has 4 aromatic rings. The van der Waals surface area contributed by atoms with Gasteiger partial charge in [0.2, 0.25) is 0 Å². The van der Waals surface area contributed by atoms with Crippen molar-refractivity contribution in [1.82, 2.24) is 9.88 Å². The van der Waals surface area contributed by atoms with Crippen LogP contribution in [0.1, 0.15) is 27.9 Å². The number of amides is 2. The number of carbonyl (C=O) groups is 2. The lowest BCUT2D eigenvalue weighted by Gasteiger charge is -2.16. The van der Waals surface area contributed by atoms with Gasteiger partial charge in [-0.1, -0.05) is 36.4 Å². The molecule has 1 fully saturated rings. The third-order valence-corrected chi connectivity index (χ3v) is 6.29. The second kappa shape index (κ2) is 10.2. The number of benzene rings is 3. The van der Waals surface area contributed by atoms with E-state index in [2.05, 4.69) is 10.3 Å². The number of methoxy groups -OCH3 is 1. The van der Waals surface area contributed by atoms with Crippen molar-refractivity contribution in [3.63, 3.8) is 0 Å². The highest BCUT2D eigenvalue weighted by atomic mass is 16.5. The maximum Gasteiger partial charge on any atom is 0.337 e. The molecule has 9 nitrogen and oxygen atoms in total. The van der Waals surface area contributed by atoms with Gasteiger partial charge in [0.1, 0.15) is 0 Å². The number of aromatic hydroxyl groups is 1. The predicted octanol–water partition coefficient (Wildman–Crippen LogP) is 4.43. The summed E-state index contributed by atoms with van der Waals surface area (Å²) >= 11 is 0. The van der Waals surface area contributed by atoms with E-state index in [0.29, 0.717) is 58.6 Å². The number of nitrogens with one attached hydrogen (secondary N) is 2. The number of aliphatic hydroxyl groups excluding tert-OH is 1. The second-order valence-electron chi connectivity index (χ2n) is 8.79.